The lowest BCUT2D eigenvalue weighted by atomic mass is 9.94. The van der Waals surface area contributed by atoms with Crippen LogP contribution in [0.2, 0.25) is 5.28 Å². The van der Waals surface area contributed by atoms with Crippen LogP contribution in [0.1, 0.15) is 19.4 Å². The monoisotopic (exact) mass is 325 g/mol. The first-order valence-corrected chi connectivity index (χ1v) is 6.68. The molecule has 0 radical (unpaired) electrons. The first-order valence-electron chi connectivity index (χ1n) is 5.51. The van der Waals surface area contributed by atoms with Gasteiger partial charge in [0.1, 0.15) is 5.82 Å². The highest BCUT2D eigenvalue weighted by molar-refractivity contribution is 9.10. The molecule has 0 unspecified atom stereocenters. The second-order valence-electron chi connectivity index (χ2n) is 4.45. The van der Waals surface area contributed by atoms with E-state index in [-0.39, 0.29) is 10.8 Å². The van der Waals surface area contributed by atoms with Crippen molar-refractivity contribution >= 4 is 33.3 Å². The molecule has 5 heteroatoms. The van der Waals surface area contributed by atoms with Crippen molar-refractivity contribution in [2.75, 3.05) is 5.32 Å². The van der Waals surface area contributed by atoms with Gasteiger partial charge in [-0.15, -0.1) is 0 Å². The average Bonchev–Trinajstić information content (AvgIpc) is 2.35. The summed E-state index contributed by atoms with van der Waals surface area (Å²) in [6.45, 7) is 4.18. The van der Waals surface area contributed by atoms with Crippen LogP contribution in [0.15, 0.2) is 41.0 Å². The lowest BCUT2D eigenvalue weighted by Crippen LogP contribution is -2.28. The molecule has 0 saturated heterocycles. The Morgan fingerprint density at radius 3 is 2.56 bits per heavy atom. The third kappa shape index (κ3) is 3.00. The molecule has 94 valence electrons. The number of benzene rings is 1. The summed E-state index contributed by atoms with van der Waals surface area (Å²) in [7, 11) is 0. The second kappa shape index (κ2) is 5.24. The summed E-state index contributed by atoms with van der Waals surface area (Å²) in [4.78, 5) is 8.09. The Kier molecular flexibility index (Phi) is 3.88. The summed E-state index contributed by atoms with van der Waals surface area (Å²) in [5, 5.41) is 3.59. The number of hydrogen-bond donors (Lipinski definition) is 1. The second-order valence-corrected chi connectivity index (χ2v) is 5.64. The molecule has 18 heavy (non-hydrogen) atoms. The van der Waals surface area contributed by atoms with Gasteiger partial charge in [-0.3, -0.25) is 0 Å². The van der Waals surface area contributed by atoms with Gasteiger partial charge in [-0.05, 0) is 46.9 Å². The van der Waals surface area contributed by atoms with Crippen LogP contribution in [-0.2, 0) is 5.54 Å². The summed E-state index contributed by atoms with van der Waals surface area (Å²) in [6.07, 6.45) is 1.64. The maximum atomic E-state index is 5.81. The van der Waals surface area contributed by atoms with Crippen LogP contribution >= 0.6 is 27.5 Å². The highest BCUT2D eigenvalue weighted by atomic mass is 79.9. The van der Waals surface area contributed by atoms with Crippen LogP contribution in [0, 0.1) is 0 Å². The van der Waals surface area contributed by atoms with Crippen molar-refractivity contribution in [3.63, 3.8) is 0 Å². The number of hydrogen-bond acceptors (Lipinski definition) is 3. The number of rotatable bonds is 3. The van der Waals surface area contributed by atoms with Gasteiger partial charge in [0.15, 0.2) is 0 Å². The van der Waals surface area contributed by atoms with Crippen LogP contribution < -0.4 is 5.32 Å². The maximum absolute atomic E-state index is 5.81. The van der Waals surface area contributed by atoms with E-state index in [2.05, 4.69) is 57.2 Å². The van der Waals surface area contributed by atoms with E-state index in [1.54, 1.807) is 6.20 Å². The molecule has 0 aliphatic carbocycles. The van der Waals surface area contributed by atoms with Gasteiger partial charge in [0.2, 0.25) is 5.28 Å². The number of halogens is 2. The fraction of sp³-hybridized carbons (Fsp3) is 0.231. The molecular formula is C13H13BrClN3. The molecule has 0 bridgehead atoms. The number of nitrogens with zero attached hydrogens (tertiary/aromatic N) is 2. The highest BCUT2D eigenvalue weighted by Gasteiger charge is 2.21. The van der Waals surface area contributed by atoms with E-state index in [1.165, 1.54) is 5.56 Å². The Morgan fingerprint density at radius 2 is 1.89 bits per heavy atom. The van der Waals surface area contributed by atoms with Gasteiger partial charge in [0, 0.05) is 6.20 Å². The summed E-state index contributed by atoms with van der Waals surface area (Å²) in [6, 6.07) is 10.2. The maximum Gasteiger partial charge on any atom is 0.224 e. The smallest absolute Gasteiger partial charge is 0.224 e. The van der Waals surface area contributed by atoms with Gasteiger partial charge >= 0.3 is 0 Å². The van der Waals surface area contributed by atoms with E-state index >= 15 is 0 Å². The van der Waals surface area contributed by atoms with E-state index < -0.39 is 0 Å². The molecule has 1 N–H and O–H groups in total. The highest BCUT2D eigenvalue weighted by Crippen LogP contribution is 2.28. The van der Waals surface area contributed by atoms with Crippen molar-refractivity contribution in [2.45, 2.75) is 19.4 Å². The first-order chi connectivity index (χ1) is 8.49. The molecule has 1 aromatic heterocycles. The molecule has 0 atom stereocenters. The molecule has 1 heterocycles. The summed E-state index contributed by atoms with van der Waals surface area (Å²) in [5.74, 6) is 0.684. The zero-order valence-corrected chi connectivity index (χ0v) is 12.5. The molecule has 1 aromatic carbocycles. The molecule has 0 amide bonds. The fourth-order valence-corrected chi connectivity index (χ4v) is 2.08. The van der Waals surface area contributed by atoms with Crippen molar-refractivity contribution < 1.29 is 0 Å². The Hall–Kier alpha value is -1.13. The number of nitrogens with one attached hydrogen (secondary N) is 1. The van der Waals surface area contributed by atoms with Gasteiger partial charge in [0.05, 0.1) is 10.0 Å². The van der Waals surface area contributed by atoms with Crippen molar-refractivity contribution in [1.29, 1.82) is 0 Å². The minimum absolute atomic E-state index is 0.226. The zero-order chi connectivity index (χ0) is 13.2. The SMILES string of the molecule is CC(C)(Nc1nc(Cl)ncc1Br)c1ccccc1. The summed E-state index contributed by atoms with van der Waals surface area (Å²) in [5.41, 5.74) is 0.924. The Bertz CT molecular complexity index is 543. The average molecular weight is 327 g/mol. The van der Waals surface area contributed by atoms with Gasteiger partial charge < -0.3 is 5.32 Å². The van der Waals surface area contributed by atoms with Gasteiger partial charge in [-0.1, -0.05) is 30.3 Å². The first kappa shape index (κ1) is 13.3. The molecule has 0 spiro atoms. The quantitative estimate of drug-likeness (QED) is 0.857. The molecular weight excluding hydrogens is 314 g/mol. The molecule has 0 saturated carbocycles. The van der Waals surface area contributed by atoms with Crippen molar-refractivity contribution in [2.24, 2.45) is 0 Å². The summed E-state index contributed by atoms with van der Waals surface area (Å²) < 4.78 is 0.788. The van der Waals surface area contributed by atoms with Crippen molar-refractivity contribution in [1.82, 2.24) is 9.97 Å². The molecule has 2 aromatic rings. The topological polar surface area (TPSA) is 37.8 Å². The van der Waals surface area contributed by atoms with E-state index in [1.807, 2.05) is 18.2 Å². The van der Waals surface area contributed by atoms with Crippen LogP contribution in [0.5, 0.6) is 0 Å². The number of aromatic nitrogens is 2. The molecule has 0 fully saturated rings. The van der Waals surface area contributed by atoms with Gasteiger partial charge in [-0.25, -0.2) is 4.98 Å². The van der Waals surface area contributed by atoms with Crippen LogP contribution in [0.25, 0.3) is 0 Å². The molecule has 0 aliphatic rings. The third-order valence-corrected chi connectivity index (χ3v) is 3.40. The van der Waals surface area contributed by atoms with Crippen LogP contribution in [0.3, 0.4) is 0 Å². The predicted molar refractivity (Wildman–Crippen MR) is 77.8 cm³/mol. The largest absolute Gasteiger partial charge is 0.360 e. The Morgan fingerprint density at radius 1 is 1.22 bits per heavy atom. The number of anilines is 1. The Labute approximate surface area is 120 Å². The predicted octanol–water partition coefficient (Wildman–Crippen LogP) is 4.24. The minimum Gasteiger partial charge on any atom is -0.360 e. The van der Waals surface area contributed by atoms with Crippen molar-refractivity contribution in [3.8, 4) is 0 Å². The third-order valence-electron chi connectivity index (χ3n) is 2.64. The lowest BCUT2D eigenvalue weighted by Gasteiger charge is -2.28. The van der Waals surface area contributed by atoms with Gasteiger partial charge in [0.25, 0.3) is 0 Å². The fourth-order valence-electron chi connectivity index (χ4n) is 1.66. The molecule has 0 aliphatic heterocycles. The zero-order valence-electron chi connectivity index (χ0n) is 10.1. The minimum atomic E-state index is -0.249. The van der Waals surface area contributed by atoms with Gasteiger partial charge in [-0.2, -0.15) is 4.98 Å². The lowest BCUT2D eigenvalue weighted by molar-refractivity contribution is 0.605. The van der Waals surface area contributed by atoms with E-state index in [0.29, 0.717) is 5.82 Å². The normalized spacial score (nSPS) is 11.3. The van der Waals surface area contributed by atoms with Crippen LogP contribution in [-0.4, -0.2) is 9.97 Å². The standard InChI is InChI=1S/C13H13BrClN3/c1-13(2,9-6-4-3-5-7-9)18-11-10(14)8-16-12(15)17-11/h3-8H,1-2H3,(H,16,17,18). The molecule has 2 rings (SSSR count). The van der Waals surface area contributed by atoms with E-state index in [0.717, 1.165) is 4.47 Å². The molecule has 3 nitrogen and oxygen atoms in total. The van der Waals surface area contributed by atoms with Crippen molar-refractivity contribution in [3.05, 3.63) is 51.8 Å². The Balaban J connectivity index is 2.30. The van der Waals surface area contributed by atoms with E-state index in [9.17, 15) is 0 Å². The van der Waals surface area contributed by atoms with E-state index in [4.69, 9.17) is 11.6 Å². The van der Waals surface area contributed by atoms with Crippen LogP contribution in [0.4, 0.5) is 5.82 Å². The summed E-state index contributed by atoms with van der Waals surface area (Å²) >= 11 is 9.22.